The van der Waals surface area contributed by atoms with Gasteiger partial charge in [-0.25, -0.2) is 0 Å². The first kappa shape index (κ1) is 28.9. The van der Waals surface area contributed by atoms with Crippen molar-refractivity contribution in [2.45, 2.75) is 25.2 Å². The smallest absolute Gasteiger partial charge is 0.286 e. The second-order valence-corrected chi connectivity index (χ2v) is 9.74. The zero-order valence-electron chi connectivity index (χ0n) is 23.0. The van der Waals surface area contributed by atoms with Gasteiger partial charge in [-0.05, 0) is 42.0 Å². The van der Waals surface area contributed by atoms with Crippen LogP contribution in [0.2, 0.25) is 0 Å². The van der Waals surface area contributed by atoms with Crippen LogP contribution in [-0.2, 0) is 25.5 Å². The van der Waals surface area contributed by atoms with Gasteiger partial charge in [0, 0.05) is 35.4 Å². The monoisotopic (exact) mass is 571 g/mol. The van der Waals surface area contributed by atoms with Crippen LogP contribution < -0.4 is 16.4 Å². The van der Waals surface area contributed by atoms with Crippen molar-refractivity contribution in [3.8, 4) is 0 Å². The molecule has 2 amide bonds. The number of ether oxygens (including phenoxy) is 3. The highest BCUT2D eigenvalue weighted by Gasteiger charge is 2.30. The molecule has 10 heteroatoms. The predicted octanol–water partition coefficient (Wildman–Crippen LogP) is 4.32. The average molecular weight is 572 g/mol. The van der Waals surface area contributed by atoms with E-state index in [0.29, 0.717) is 23.4 Å². The van der Waals surface area contributed by atoms with Crippen LogP contribution >= 0.6 is 0 Å². The highest BCUT2D eigenvalue weighted by atomic mass is 16.7. The third-order valence-electron chi connectivity index (χ3n) is 6.84. The summed E-state index contributed by atoms with van der Waals surface area (Å²) in [7, 11) is 0. The molecule has 5 rings (SSSR count). The van der Waals surface area contributed by atoms with Crippen molar-refractivity contribution in [1.82, 2.24) is 5.32 Å². The lowest BCUT2D eigenvalue weighted by Gasteiger charge is -2.29. The van der Waals surface area contributed by atoms with E-state index in [-0.39, 0.29) is 56.5 Å². The van der Waals surface area contributed by atoms with Gasteiger partial charge in [0.05, 0.1) is 44.1 Å². The number of fused-ring (bicyclic) bond motifs is 1. The number of nitrogen functional groups attached to an aromatic ring is 1. The molecule has 1 aliphatic rings. The largest absolute Gasteiger partial charge is 0.464 e. The molecule has 0 unspecified atom stereocenters. The number of hydrogen-bond donors (Lipinski definition) is 4. The predicted molar refractivity (Wildman–Crippen MR) is 157 cm³/mol. The fraction of sp³-hybridized carbons (Fsp3) is 0.250. The van der Waals surface area contributed by atoms with Crippen LogP contribution in [0, 0.1) is 0 Å². The number of carbonyl (C=O) groups is 2. The van der Waals surface area contributed by atoms with E-state index in [1.807, 2.05) is 24.3 Å². The van der Waals surface area contributed by atoms with Crippen molar-refractivity contribution in [2.75, 3.05) is 37.5 Å². The molecular formula is C32H33N3O7. The molecule has 5 N–H and O–H groups in total. The fourth-order valence-corrected chi connectivity index (χ4v) is 4.67. The molecular weight excluding hydrogens is 538 g/mol. The zero-order valence-corrected chi connectivity index (χ0v) is 23.0. The number of aliphatic hydroxyl groups excluding tert-OH is 1. The quantitative estimate of drug-likeness (QED) is 0.145. The van der Waals surface area contributed by atoms with E-state index in [9.17, 15) is 9.59 Å². The molecule has 0 aliphatic carbocycles. The molecule has 0 bridgehead atoms. The molecule has 0 fully saturated rings. The zero-order chi connectivity index (χ0) is 29.3. The van der Waals surface area contributed by atoms with Gasteiger partial charge in [0.2, 0.25) is 6.29 Å². The summed E-state index contributed by atoms with van der Waals surface area (Å²) in [4.78, 5) is 25.8. The van der Waals surface area contributed by atoms with Gasteiger partial charge < -0.3 is 40.1 Å². The Morgan fingerprint density at radius 2 is 1.74 bits per heavy atom. The first-order chi connectivity index (χ1) is 20.5. The Morgan fingerprint density at radius 3 is 2.55 bits per heavy atom. The molecule has 2 atom stereocenters. The van der Waals surface area contributed by atoms with Crippen LogP contribution in [-0.4, -0.2) is 49.6 Å². The van der Waals surface area contributed by atoms with Crippen LogP contribution in [0.25, 0.3) is 11.0 Å². The number of aliphatic hydroxyl groups is 1. The summed E-state index contributed by atoms with van der Waals surface area (Å²) in [6.07, 6.45) is 3.30. The Balaban J connectivity index is 1.23. The van der Waals surface area contributed by atoms with Crippen LogP contribution in [0.15, 0.2) is 95.3 Å². The second kappa shape index (κ2) is 13.8. The van der Waals surface area contributed by atoms with Crippen molar-refractivity contribution in [2.24, 2.45) is 0 Å². The van der Waals surface area contributed by atoms with Gasteiger partial charge in [0.1, 0.15) is 5.58 Å². The molecule has 0 spiro atoms. The van der Waals surface area contributed by atoms with E-state index >= 15 is 0 Å². The van der Waals surface area contributed by atoms with Gasteiger partial charge in [-0.3, -0.25) is 9.59 Å². The van der Waals surface area contributed by atoms with Crippen LogP contribution in [0.3, 0.4) is 0 Å². The maximum absolute atomic E-state index is 13.2. The van der Waals surface area contributed by atoms with E-state index in [4.69, 9.17) is 29.5 Å². The Morgan fingerprint density at radius 1 is 0.952 bits per heavy atom. The van der Waals surface area contributed by atoms with Crippen molar-refractivity contribution >= 4 is 34.2 Å². The molecule has 4 aromatic rings. The number of nitrogens with one attached hydrogen (secondary N) is 2. The second-order valence-electron chi connectivity index (χ2n) is 9.74. The Hall–Kier alpha value is -4.64. The Labute approximate surface area is 243 Å². The lowest BCUT2D eigenvalue weighted by molar-refractivity contribution is -0.151. The van der Waals surface area contributed by atoms with E-state index in [2.05, 4.69) is 10.6 Å². The van der Waals surface area contributed by atoms with E-state index in [0.717, 1.165) is 22.1 Å². The summed E-state index contributed by atoms with van der Waals surface area (Å²) < 4.78 is 22.8. The molecule has 3 aromatic carbocycles. The van der Waals surface area contributed by atoms with Gasteiger partial charge in [-0.1, -0.05) is 42.5 Å². The number of amides is 2. The molecule has 10 nitrogen and oxygen atoms in total. The normalized spacial score (nSPS) is 16.5. The van der Waals surface area contributed by atoms with E-state index < -0.39 is 6.29 Å². The highest BCUT2D eigenvalue weighted by Crippen LogP contribution is 2.36. The van der Waals surface area contributed by atoms with Crippen molar-refractivity contribution in [3.05, 3.63) is 108 Å². The number of carbonyl (C=O) groups excluding carboxylic acids is 2. The standard InChI is InChI=1S/C32H33N3O7/c33-26-6-2-3-7-27(26)35-31(37)22-11-9-21(10-12-22)19-34-32(38)29-17-23(18-30(42-29)40-16-15-39-14-13-36)25-20-41-28-8-4-1-5-24(25)28/h1-12,17,20,23,30,36H,13-16,18-19,33H2,(H,34,38)(H,35,37)/t23-,30+/m1/s1. The van der Waals surface area contributed by atoms with Crippen LogP contribution in [0.5, 0.6) is 0 Å². The number of hydrogen-bond acceptors (Lipinski definition) is 8. The van der Waals surface area contributed by atoms with Gasteiger partial charge in [-0.15, -0.1) is 0 Å². The SMILES string of the molecule is Nc1ccccc1NC(=O)c1ccc(CNC(=O)C2=C[C@@H](c3coc4ccccc34)C[C@@H](OCCOCCO)O2)cc1. The van der Waals surface area contributed by atoms with Crippen LogP contribution in [0.4, 0.5) is 11.4 Å². The number of allylic oxidation sites excluding steroid dienone is 1. The van der Waals surface area contributed by atoms with E-state index in [1.54, 1.807) is 60.9 Å². The first-order valence-electron chi connectivity index (χ1n) is 13.7. The molecule has 42 heavy (non-hydrogen) atoms. The average Bonchev–Trinajstić information content (AvgIpc) is 3.45. The number of nitrogens with two attached hydrogens (primary N) is 1. The molecule has 0 radical (unpaired) electrons. The molecule has 218 valence electrons. The third kappa shape index (κ3) is 7.16. The van der Waals surface area contributed by atoms with Crippen molar-refractivity contribution in [3.63, 3.8) is 0 Å². The highest BCUT2D eigenvalue weighted by molar-refractivity contribution is 6.05. The number of anilines is 2. The number of benzene rings is 3. The first-order valence-corrected chi connectivity index (χ1v) is 13.7. The summed E-state index contributed by atoms with van der Waals surface area (Å²) in [5, 5.41) is 15.6. The molecule has 0 saturated heterocycles. The van der Waals surface area contributed by atoms with E-state index in [1.165, 1.54) is 0 Å². The number of para-hydroxylation sites is 3. The summed E-state index contributed by atoms with van der Waals surface area (Å²) in [5.74, 6) is -0.703. The summed E-state index contributed by atoms with van der Waals surface area (Å²) in [6.45, 7) is 0.917. The van der Waals surface area contributed by atoms with Gasteiger partial charge in [0.15, 0.2) is 5.76 Å². The third-order valence-corrected chi connectivity index (χ3v) is 6.84. The maximum atomic E-state index is 13.2. The van der Waals surface area contributed by atoms with Crippen LogP contribution in [0.1, 0.15) is 33.8 Å². The minimum atomic E-state index is -0.677. The fourth-order valence-electron chi connectivity index (χ4n) is 4.67. The van der Waals surface area contributed by atoms with Gasteiger partial charge in [-0.2, -0.15) is 0 Å². The lowest BCUT2D eigenvalue weighted by atomic mass is 9.92. The van der Waals surface area contributed by atoms with Gasteiger partial charge >= 0.3 is 0 Å². The summed E-state index contributed by atoms with van der Waals surface area (Å²) >= 11 is 0. The molecule has 1 aromatic heterocycles. The molecule has 0 saturated carbocycles. The Bertz CT molecular complexity index is 1550. The van der Waals surface area contributed by atoms with Crippen molar-refractivity contribution < 1.29 is 33.3 Å². The topological polar surface area (TPSA) is 145 Å². The number of rotatable bonds is 12. The Kier molecular flexibility index (Phi) is 9.50. The lowest BCUT2D eigenvalue weighted by Crippen LogP contribution is -2.33. The van der Waals surface area contributed by atoms with Crippen molar-refractivity contribution in [1.29, 1.82) is 0 Å². The minimum Gasteiger partial charge on any atom is -0.464 e. The van der Waals surface area contributed by atoms with Gasteiger partial charge in [0.25, 0.3) is 11.8 Å². The maximum Gasteiger partial charge on any atom is 0.286 e. The minimum absolute atomic E-state index is 0.0681. The summed E-state index contributed by atoms with van der Waals surface area (Å²) in [6, 6.07) is 21.7. The molecule has 2 heterocycles. The molecule has 1 aliphatic heterocycles. The summed E-state index contributed by atoms with van der Waals surface area (Å²) in [5.41, 5.74) is 9.91. The number of furan rings is 1.